The summed E-state index contributed by atoms with van der Waals surface area (Å²) in [5.74, 6) is 1.39. The van der Waals surface area contributed by atoms with E-state index in [0.717, 1.165) is 52.4 Å². The molecule has 5 rings (SSSR count). The molecule has 0 spiro atoms. The maximum atomic E-state index is 5.20. The summed E-state index contributed by atoms with van der Waals surface area (Å²) in [5.41, 5.74) is 8.97. The standard InChI is InChI=1S/C24H31N7/c1-13(2)21-22(18-11-30-24(26-12-27-30)17(6)16(18)5)28-19-7-8-20(29-23(19)21)31-14(3)9-25-10-15(31)4/h7-8,11-15,25,28H,9-10H2,1-6H3/t14-,15-/m0/s1. The molecule has 2 atom stereocenters. The van der Waals surface area contributed by atoms with Crippen LogP contribution < -0.4 is 10.2 Å². The maximum absolute atomic E-state index is 5.20. The lowest BCUT2D eigenvalue weighted by atomic mass is 9.95. The topological polar surface area (TPSA) is 74.1 Å². The molecule has 5 heterocycles. The van der Waals surface area contributed by atoms with Crippen molar-refractivity contribution in [1.82, 2.24) is 29.9 Å². The number of aryl methyl sites for hydroxylation is 1. The highest BCUT2D eigenvalue weighted by atomic mass is 15.3. The Balaban J connectivity index is 1.72. The first kappa shape index (κ1) is 20.0. The molecule has 0 unspecified atom stereocenters. The van der Waals surface area contributed by atoms with Crippen LogP contribution in [0.25, 0.3) is 27.9 Å². The summed E-state index contributed by atoms with van der Waals surface area (Å²) < 4.78 is 1.87. The third kappa shape index (κ3) is 3.10. The lowest BCUT2D eigenvalue weighted by molar-refractivity contribution is 0.429. The molecule has 1 aliphatic heterocycles. The Labute approximate surface area is 182 Å². The minimum absolute atomic E-state index is 0.329. The molecule has 4 aromatic rings. The van der Waals surface area contributed by atoms with E-state index >= 15 is 0 Å². The van der Waals surface area contributed by atoms with Gasteiger partial charge in [0.25, 0.3) is 0 Å². The van der Waals surface area contributed by atoms with Gasteiger partial charge in [-0.15, -0.1) is 0 Å². The van der Waals surface area contributed by atoms with Crippen LogP contribution in [-0.4, -0.2) is 49.7 Å². The zero-order valence-electron chi connectivity index (χ0n) is 19.2. The van der Waals surface area contributed by atoms with E-state index in [-0.39, 0.29) is 0 Å². The zero-order valence-corrected chi connectivity index (χ0v) is 19.2. The predicted molar refractivity (Wildman–Crippen MR) is 126 cm³/mol. The summed E-state index contributed by atoms with van der Waals surface area (Å²) in [5, 5.41) is 7.90. The normalized spacial score (nSPS) is 19.8. The van der Waals surface area contributed by atoms with E-state index in [0.29, 0.717) is 18.0 Å². The number of nitrogens with one attached hydrogen (secondary N) is 2. The van der Waals surface area contributed by atoms with Gasteiger partial charge in [0.1, 0.15) is 12.1 Å². The Morgan fingerprint density at radius 1 is 1.06 bits per heavy atom. The van der Waals surface area contributed by atoms with Crippen LogP contribution in [0.5, 0.6) is 0 Å². The first-order valence-electron chi connectivity index (χ1n) is 11.2. The first-order chi connectivity index (χ1) is 14.9. The van der Waals surface area contributed by atoms with E-state index in [1.165, 1.54) is 11.1 Å². The van der Waals surface area contributed by atoms with E-state index in [1.807, 2.05) is 4.52 Å². The maximum Gasteiger partial charge on any atom is 0.158 e. The molecule has 31 heavy (non-hydrogen) atoms. The van der Waals surface area contributed by atoms with Gasteiger partial charge in [0.2, 0.25) is 0 Å². The summed E-state index contributed by atoms with van der Waals surface area (Å²) in [4.78, 5) is 15.7. The van der Waals surface area contributed by atoms with Gasteiger partial charge in [-0.2, -0.15) is 5.10 Å². The molecule has 4 aromatic heterocycles. The SMILES string of the molecule is Cc1c(-c2[nH]c3ccc(N4[C@@H](C)CNC[C@@H]4C)nc3c2C(C)C)cn2ncnc2c1C. The summed E-state index contributed by atoms with van der Waals surface area (Å²) in [6, 6.07) is 5.16. The monoisotopic (exact) mass is 417 g/mol. The van der Waals surface area contributed by atoms with Crippen molar-refractivity contribution in [1.29, 1.82) is 0 Å². The Kier molecular flexibility index (Phi) is 4.73. The van der Waals surface area contributed by atoms with Gasteiger partial charge in [0.05, 0.1) is 16.7 Å². The van der Waals surface area contributed by atoms with Crippen molar-refractivity contribution in [2.24, 2.45) is 0 Å². The number of hydrogen-bond donors (Lipinski definition) is 2. The minimum atomic E-state index is 0.329. The summed E-state index contributed by atoms with van der Waals surface area (Å²) in [7, 11) is 0. The molecule has 1 saturated heterocycles. The van der Waals surface area contributed by atoms with Crippen LogP contribution in [0.3, 0.4) is 0 Å². The zero-order chi connectivity index (χ0) is 21.9. The minimum Gasteiger partial charge on any atom is -0.353 e. The van der Waals surface area contributed by atoms with Crippen LogP contribution in [-0.2, 0) is 0 Å². The highest BCUT2D eigenvalue weighted by molar-refractivity contribution is 5.90. The Morgan fingerprint density at radius 2 is 1.81 bits per heavy atom. The van der Waals surface area contributed by atoms with Crippen molar-refractivity contribution >= 4 is 22.5 Å². The number of piperazine rings is 1. The molecule has 162 valence electrons. The van der Waals surface area contributed by atoms with Crippen molar-refractivity contribution in [3.8, 4) is 11.3 Å². The van der Waals surface area contributed by atoms with E-state index < -0.39 is 0 Å². The van der Waals surface area contributed by atoms with Gasteiger partial charge in [-0.25, -0.2) is 14.5 Å². The molecular weight excluding hydrogens is 386 g/mol. The fourth-order valence-electron chi connectivity index (χ4n) is 5.03. The quantitative estimate of drug-likeness (QED) is 0.523. The van der Waals surface area contributed by atoms with Gasteiger partial charge in [-0.3, -0.25) is 0 Å². The van der Waals surface area contributed by atoms with Crippen LogP contribution in [0.2, 0.25) is 0 Å². The summed E-state index contributed by atoms with van der Waals surface area (Å²) >= 11 is 0. The van der Waals surface area contributed by atoms with E-state index in [1.54, 1.807) is 6.33 Å². The number of aromatic nitrogens is 5. The number of rotatable bonds is 3. The molecule has 0 radical (unpaired) electrons. The molecule has 7 heteroatoms. The third-order valence-electron chi connectivity index (χ3n) is 6.73. The first-order valence-corrected chi connectivity index (χ1v) is 11.2. The second-order valence-corrected chi connectivity index (χ2v) is 9.22. The molecule has 0 aliphatic carbocycles. The van der Waals surface area contributed by atoms with Crippen LogP contribution in [0.1, 0.15) is 50.3 Å². The molecule has 0 amide bonds. The van der Waals surface area contributed by atoms with Crippen LogP contribution in [0, 0.1) is 13.8 Å². The molecule has 0 aromatic carbocycles. The van der Waals surface area contributed by atoms with Gasteiger partial charge in [-0.1, -0.05) is 13.8 Å². The number of hydrogen-bond acceptors (Lipinski definition) is 5. The highest BCUT2D eigenvalue weighted by Crippen LogP contribution is 2.38. The fourth-order valence-corrected chi connectivity index (χ4v) is 5.03. The molecule has 1 aliphatic rings. The summed E-state index contributed by atoms with van der Waals surface area (Å²) in [6.45, 7) is 15.3. The number of pyridine rings is 2. The molecular formula is C24H31N7. The van der Waals surface area contributed by atoms with Gasteiger partial charge < -0.3 is 15.2 Å². The fraction of sp³-hybridized carbons (Fsp3) is 0.458. The lowest BCUT2D eigenvalue weighted by Crippen LogP contribution is -2.55. The van der Waals surface area contributed by atoms with Crippen LogP contribution >= 0.6 is 0 Å². The van der Waals surface area contributed by atoms with Gasteiger partial charge in [0.15, 0.2) is 5.65 Å². The predicted octanol–water partition coefficient (Wildman–Crippen LogP) is 4.20. The largest absolute Gasteiger partial charge is 0.353 e. The molecule has 0 saturated carbocycles. The molecule has 0 bridgehead atoms. The summed E-state index contributed by atoms with van der Waals surface area (Å²) in [6.07, 6.45) is 3.70. The van der Waals surface area contributed by atoms with Crippen molar-refractivity contribution < 1.29 is 0 Å². The number of fused-ring (bicyclic) bond motifs is 2. The number of nitrogens with zero attached hydrogens (tertiary/aromatic N) is 5. The number of H-pyrrole nitrogens is 1. The van der Waals surface area contributed by atoms with Crippen molar-refractivity contribution in [3.63, 3.8) is 0 Å². The van der Waals surface area contributed by atoms with Crippen molar-refractivity contribution in [2.75, 3.05) is 18.0 Å². The van der Waals surface area contributed by atoms with E-state index in [2.05, 4.69) is 85.2 Å². The van der Waals surface area contributed by atoms with Gasteiger partial charge in [0, 0.05) is 42.5 Å². The van der Waals surface area contributed by atoms with Gasteiger partial charge >= 0.3 is 0 Å². The van der Waals surface area contributed by atoms with Crippen LogP contribution in [0.4, 0.5) is 5.82 Å². The number of anilines is 1. The smallest absolute Gasteiger partial charge is 0.158 e. The van der Waals surface area contributed by atoms with Crippen LogP contribution in [0.15, 0.2) is 24.7 Å². The Morgan fingerprint density at radius 3 is 2.52 bits per heavy atom. The van der Waals surface area contributed by atoms with E-state index in [9.17, 15) is 0 Å². The molecule has 1 fully saturated rings. The molecule has 7 nitrogen and oxygen atoms in total. The second kappa shape index (κ2) is 7.34. The third-order valence-corrected chi connectivity index (χ3v) is 6.73. The second-order valence-electron chi connectivity index (χ2n) is 9.22. The Bertz CT molecular complexity index is 1260. The highest BCUT2D eigenvalue weighted by Gasteiger charge is 2.27. The average Bonchev–Trinajstić information content (AvgIpc) is 3.34. The lowest BCUT2D eigenvalue weighted by Gasteiger charge is -2.40. The molecule has 2 N–H and O–H groups in total. The van der Waals surface area contributed by atoms with Crippen molar-refractivity contribution in [3.05, 3.63) is 41.3 Å². The Hall–Kier alpha value is -2.93. The average molecular weight is 418 g/mol. The van der Waals surface area contributed by atoms with Crippen molar-refractivity contribution in [2.45, 2.75) is 59.5 Å². The number of aromatic amines is 1. The van der Waals surface area contributed by atoms with Gasteiger partial charge in [-0.05, 0) is 56.9 Å². The van der Waals surface area contributed by atoms with E-state index in [4.69, 9.17) is 4.98 Å².